The summed E-state index contributed by atoms with van der Waals surface area (Å²) in [5, 5.41) is 0. The van der Waals surface area contributed by atoms with Crippen LogP contribution in [0.3, 0.4) is 0 Å². The van der Waals surface area contributed by atoms with Gasteiger partial charge in [0.1, 0.15) is 5.69 Å². The molecular weight excluding hydrogens is 185 g/mol. The summed E-state index contributed by atoms with van der Waals surface area (Å²) in [6.45, 7) is 0. The molecule has 0 saturated carbocycles. The number of rotatable bonds is 2. The van der Waals surface area contributed by atoms with E-state index in [-0.39, 0.29) is 0 Å². The van der Waals surface area contributed by atoms with Crippen molar-refractivity contribution in [1.82, 2.24) is 10.5 Å². The molecule has 70 valence electrons. The van der Waals surface area contributed by atoms with Crippen molar-refractivity contribution in [2.45, 2.75) is 5.92 Å². The molecule has 0 aliphatic rings. The van der Waals surface area contributed by atoms with Crippen LogP contribution in [-0.4, -0.2) is 10.9 Å². The molecular formula is C7H5F3N2O. The Bertz CT molecular complexity index is 302. The monoisotopic (exact) mass is 190 g/mol. The Balaban J connectivity index is 3.00. The molecule has 1 heterocycles. The van der Waals surface area contributed by atoms with Crippen LogP contribution in [0.2, 0.25) is 0 Å². The molecule has 0 aliphatic carbocycles. The summed E-state index contributed by atoms with van der Waals surface area (Å²) >= 11 is 0. The zero-order valence-electron chi connectivity index (χ0n) is 6.30. The Morgan fingerprint density at radius 1 is 1.46 bits per heavy atom. The number of hydrogen-bond acceptors (Lipinski definition) is 2. The van der Waals surface area contributed by atoms with E-state index in [0.29, 0.717) is 5.54 Å². The second-order valence-corrected chi connectivity index (χ2v) is 2.21. The van der Waals surface area contributed by atoms with Crippen molar-refractivity contribution in [3.8, 4) is 0 Å². The van der Waals surface area contributed by atoms with Crippen LogP contribution in [0, 0.1) is 0 Å². The van der Waals surface area contributed by atoms with Gasteiger partial charge in [0.05, 0.1) is 0 Å². The van der Waals surface area contributed by atoms with Crippen molar-refractivity contribution in [3.63, 3.8) is 0 Å². The SMILES string of the molecule is O=C(NF)C(F)(F)c1ccccn1. The van der Waals surface area contributed by atoms with E-state index >= 15 is 0 Å². The molecule has 1 amide bonds. The first-order chi connectivity index (χ1) is 6.09. The van der Waals surface area contributed by atoms with Gasteiger partial charge in [-0.2, -0.15) is 14.3 Å². The van der Waals surface area contributed by atoms with Gasteiger partial charge in [-0.05, 0) is 12.1 Å². The van der Waals surface area contributed by atoms with Crippen molar-refractivity contribution < 1.29 is 18.1 Å². The average molecular weight is 190 g/mol. The minimum atomic E-state index is -3.93. The fourth-order valence-electron chi connectivity index (χ4n) is 0.724. The molecule has 1 aromatic heterocycles. The van der Waals surface area contributed by atoms with Crippen LogP contribution < -0.4 is 5.54 Å². The van der Waals surface area contributed by atoms with E-state index in [2.05, 4.69) is 4.98 Å². The molecule has 0 aromatic carbocycles. The van der Waals surface area contributed by atoms with Crippen molar-refractivity contribution in [3.05, 3.63) is 30.1 Å². The Morgan fingerprint density at radius 3 is 2.62 bits per heavy atom. The zero-order valence-corrected chi connectivity index (χ0v) is 6.30. The molecule has 13 heavy (non-hydrogen) atoms. The van der Waals surface area contributed by atoms with Gasteiger partial charge in [0, 0.05) is 6.20 Å². The first-order valence-corrected chi connectivity index (χ1v) is 3.29. The molecule has 0 bridgehead atoms. The van der Waals surface area contributed by atoms with E-state index in [1.807, 2.05) is 0 Å². The number of amides is 1. The normalized spacial score (nSPS) is 11.0. The number of pyridine rings is 1. The van der Waals surface area contributed by atoms with E-state index < -0.39 is 17.5 Å². The number of carbonyl (C=O) groups is 1. The fraction of sp³-hybridized carbons (Fsp3) is 0.143. The summed E-state index contributed by atoms with van der Waals surface area (Å²) in [6, 6.07) is 3.63. The van der Waals surface area contributed by atoms with Crippen molar-refractivity contribution in [1.29, 1.82) is 0 Å². The third kappa shape index (κ3) is 1.77. The summed E-state index contributed by atoms with van der Waals surface area (Å²) in [5.41, 5.74) is -0.412. The molecule has 0 unspecified atom stereocenters. The lowest BCUT2D eigenvalue weighted by atomic mass is 10.2. The van der Waals surface area contributed by atoms with E-state index in [4.69, 9.17) is 0 Å². The number of nitrogens with zero attached hydrogens (tertiary/aromatic N) is 1. The van der Waals surface area contributed by atoms with Gasteiger partial charge in [0.2, 0.25) is 0 Å². The quantitative estimate of drug-likeness (QED) is 0.711. The van der Waals surface area contributed by atoms with Crippen LogP contribution in [0.1, 0.15) is 5.69 Å². The summed E-state index contributed by atoms with van der Waals surface area (Å²) < 4.78 is 37.1. The smallest absolute Gasteiger partial charge is 0.265 e. The van der Waals surface area contributed by atoms with Gasteiger partial charge in [0.25, 0.3) is 0 Å². The maximum absolute atomic E-state index is 12.8. The Morgan fingerprint density at radius 2 is 2.15 bits per heavy atom. The Kier molecular flexibility index (Phi) is 2.50. The number of nitrogens with one attached hydrogen (secondary N) is 1. The lowest BCUT2D eigenvalue weighted by molar-refractivity contribution is -0.152. The molecule has 0 atom stereocenters. The first-order valence-electron chi connectivity index (χ1n) is 3.29. The minimum absolute atomic E-state index is 0.375. The minimum Gasteiger partial charge on any atom is -0.265 e. The zero-order chi connectivity index (χ0) is 9.90. The van der Waals surface area contributed by atoms with Gasteiger partial charge in [-0.15, -0.1) is 4.48 Å². The molecule has 0 radical (unpaired) electrons. The fourth-order valence-corrected chi connectivity index (χ4v) is 0.724. The summed E-state index contributed by atoms with van der Waals surface area (Å²) in [7, 11) is 0. The van der Waals surface area contributed by atoms with E-state index in [9.17, 15) is 18.1 Å². The van der Waals surface area contributed by atoms with Crippen molar-refractivity contribution >= 4 is 5.91 Å². The van der Waals surface area contributed by atoms with Crippen LogP contribution in [0.4, 0.5) is 13.3 Å². The first kappa shape index (κ1) is 9.50. The van der Waals surface area contributed by atoms with Gasteiger partial charge < -0.3 is 0 Å². The van der Waals surface area contributed by atoms with E-state index in [0.717, 1.165) is 12.3 Å². The average Bonchev–Trinajstić information content (AvgIpc) is 2.18. The van der Waals surface area contributed by atoms with Gasteiger partial charge in [-0.25, -0.2) is 0 Å². The van der Waals surface area contributed by atoms with Crippen LogP contribution >= 0.6 is 0 Å². The molecule has 1 N–H and O–H groups in total. The molecule has 6 heteroatoms. The Labute approximate surface area is 71.5 Å². The number of carbonyl (C=O) groups excluding carboxylic acids is 1. The van der Waals surface area contributed by atoms with Gasteiger partial charge >= 0.3 is 11.8 Å². The second kappa shape index (κ2) is 3.42. The van der Waals surface area contributed by atoms with Gasteiger partial charge in [0.15, 0.2) is 0 Å². The largest absolute Gasteiger partial charge is 0.368 e. The lowest BCUT2D eigenvalue weighted by Crippen LogP contribution is -2.34. The van der Waals surface area contributed by atoms with Crippen LogP contribution in [0.15, 0.2) is 24.4 Å². The second-order valence-electron chi connectivity index (χ2n) is 2.21. The summed E-state index contributed by atoms with van der Waals surface area (Å²) in [6.07, 6.45) is 1.09. The summed E-state index contributed by atoms with van der Waals surface area (Å²) in [5.74, 6) is -5.96. The number of aromatic nitrogens is 1. The molecule has 3 nitrogen and oxygen atoms in total. The molecule has 0 saturated heterocycles. The molecule has 1 aromatic rings. The highest BCUT2D eigenvalue weighted by molar-refractivity contribution is 5.83. The van der Waals surface area contributed by atoms with Crippen LogP contribution in [0.5, 0.6) is 0 Å². The van der Waals surface area contributed by atoms with Crippen molar-refractivity contribution in [2.24, 2.45) is 0 Å². The molecule has 0 aliphatic heterocycles. The van der Waals surface area contributed by atoms with Crippen molar-refractivity contribution in [2.75, 3.05) is 0 Å². The van der Waals surface area contributed by atoms with Gasteiger partial charge in [-0.3, -0.25) is 9.78 Å². The van der Waals surface area contributed by atoms with Crippen LogP contribution in [0.25, 0.3) is 0 Å². The number of alkyl halides is 2. The topological polar surface area (TPSA) is 42.0 Å². The predicted molar refractivity (Wildman–Crippen MR) is 37.4 cm³/mol. The highest BCUT2D eigenvalue weighted by Gasteiger charge is 2.42. The highest BCUT2D eigenvalue weighted by atomic mass is 19.3. The van der Waals surface area contributed by atoms with Gasteiger partial charge in [-0.1, -0.05) is 6.07 Å². The Hall–Kier alpha value is -1.59. The highest BCUT2D eigenvalue weighted by Crippen LogP contribution is 2.25. The third-order valence-electron chi connectivity index (χ3n) is 1.36. The maximum Gasteiger partial charge on any atom is 0.368 e. The van der Waals surface area contributed by atoms with E-state index in [1.54, 1.807) is 0 Å². The molecule has 0 spiro atoms. The third-order valence-corrected chi connectivity index (χ3v) is 1.36. The van der Waals surface area contributed by atoms with Crippen LogP contribution in [-0.2, 0) is 10.7 Å². The van der Waals surface area contributed by atoms with E-state index in [1.165, 1.54) is 12.1 Å². The molecule has 1 rings (SSSR count). The summed E-state index contributed by atoms with van der Waals surface area (Å²) in [4.78, 5) is 13.6. The lowest BCUT2D eigenvalue weighted by Gasteiger charge is -2.11. The number of hydrogen-bond donors (Lipinski definition) is 1. The molecule has 0 fully saturated rings. The standard InChI is InChI=1S/C7H5F3N2O/c8-7(9,6(13)12-10)5-3-1-2-4-11-5/h1-4H,(H,12,13). The predicted octanol–water partition coefficient (Wildman–Crippen LogP) is 1.17. The maximum atomic E-state index is 12.8. The number of halogens is 3.